The number of rotatable bonds is 4. The molecule has 0 aliphatic carbocycles. The van der Waals surface area contributed by atoms with Gasteiger partial charge in [0.15, 0.2) is 10.8 Å². The van der Waals surface area contributed by atoms with Gasteiger partial charge in [0, 0.05) is 29.6 Å². The van der Waals surface area contributed by atoms with E-state index in [0.29, 0.717) is 21.5 Å². The molecule has 0 atom stereocenters. The molecule has 0 spiro atoms. The topological polar surface area (TPSA) is 81.9 Å². The first-order chi connectivity index (χ1) is 13.5. The molecule has 0 aliphatic rings. The van der Waals surface area contributed by atoms with E-state index in [0.717, 1.165) is 28.0 Å². The van der Waals surface area contributed by atoms with Gasteiger partial charge in [0.05, 0.1) is 29.1 Å². The molecule has 3 aromatic heterocycles. The molecular weight excluding hydrogens is 398 g/mol. The largest absolute Gasteiger partial charge is 0.495 e. The van der Waals surface area contributed by atoms with Crippen LogP contribution >= 0.6 is 22.9 Å². The summed E-state index contributed by atoms with van der Waals surface area (Å²) < 4.78 is 6.86. The van der Waals surface area contributed by atoms with Gasteiger partial charge in [0.2, 0.25) is 0 Å². The molecule has 28 heavy (non-hydrogen) atoms. The lowest BCUT2D eigenvalue weighted by Crippen LogP contribution is -2.12. The Morgan fingerprint density at radius 2 is 2.14 bits per heavy atom. The molecule has 9 heteroatoms. The third kappa shape index (κ3) is 3.32. The maximum absolute atomic E-state index is 12.6. The van der Waals surface area contributed by atoms with Crippen LogP contribution in [0.4, 0.5) is 5.13 Å². The lowest BCUT2D eigenvalue weighted by molar-refractivity contribution is 0.102. The number of aryl methyl sites for hydroxylation is 2. The van der Waals surface area contributed by atoms with Crippen LogP contribution in [0.5, 0.6) is 5.75 Å². The van der Waals surface area contributed by atoms with Crippen molar-refractivity contribution in [3.05, 3.63) is 52.1 Å². The Kier molecular flexibility index (Phi) is 4.74. The quantitative estimate of drug-likeness (QED) is 0.539. The molecule has 1 N–H and O–H groups in total. The fourth-order valence-corrected chi connectivity index (χ4v) is 3.86. The monoisotopic (exact) mass is 413 g/mol. The number of carbonyl (C=O) groups is 1. The number of anilines is 1. The van der Waals surface area contributed by atoms with E-state index in [1.54, 1.807) is 30.0 Å². The first kappa shape index (κ1) is 18.4. The summed E-state index contributed by atoms with van der Waals surface area (Å²) in [5.74, 6) is 0.328. The van der Waals surface area contributed by atoms with Gasteiger partial charge in [-0.05, 0) is 31.2 Å². The molecule has 4 rings (SSSR count). The molecule has 142 valence electrons. The number of hydrogen-bond donors (Lipinski definition) is 1. The predicted molar refractivity (Wildman–Crippen MR) is 110 cm³/mol. The maximum atomic E-state index is 12.6. The molecule has 0 saturated carbocycles. The van der Waals surface area contributed by atoms with Crippen molar-refractivity contribution in [3.63, 3.8) is 0 Å². The van der Waals surface area contributed by atoms with E-state index in [1.807, 2.05) is 25.4 Å². The second kappa shape index (κ2) is 7.21. The molecule has 0 saturated heterocycles. The Morgan fingerprint density at radius 1 is 1.32 bits per heavy atom. The van der Waals surface area contributed by atoms with Gasteiger partial charge in [-0.2, -0.15) is 5.10 Å². The average molecular weight is 414 g/mol. The molecule has 1 amide bonds. The molecule has 1 aromatic carbocycles. The van der Waals surface area contributed by atoms with Gasteiger partial charge in [-0.1, -0.05) is 11.6 Å². The summed E-state index contributed by atoms with van der Waals surface area (Å²) in [6.07, 6.45) is 1.54. The SMILES string of the molecule is COc1ccc(-c2csc(NC(=O)c3cnc4c(c3)c(C)nn4C)n2)cc1Cl. The molecule has 0 aliphatic heterocycles. The minimum atomic E-state index is -0.272. The highest BCUT2D eigenvalue weighted by Gasteiger charge is 2.14. The highest BCUT2D eigenvalue weighted by Crippen LogP contribution is 2.32. The van der Waals surface area contributed by atoms with Gasteiger partial charge in [-0.3, -0.25) is 14.8 Å². The molecular formula is C19H16ClN5O2S. The molecule has 4 aromatic rings. The van der Waals surface area contributed by atoms with Crippen molar-refractivity contribution < 1.29 is 9.53 Å². The van der Waals surface area contributed by atoms with Gasteiger partial charge in [0.1, 0.15) is 5.75 Å². The van der Waals surface area contributed by atoms with Gasteiger partial charge < -0.3 is 4.74 Å². The number of fused-ring (bicyclic) bond motifs is 1. The van der Waals surface area contributed by atoms with Crippen LogP contribution in [-0.2, 0) is 7.05 Å². The Hall–Kier alpha value is -2.97. The number of aromatic nitrogens is 4. The van der Waals surface area contributed by atoms with Crippen LogP contribution in [0.2, 0.25) is 5.02 Å². The summed E-state index contributed by atoms with van der Waals surface area (Å²) in [4.78, 5) is 21.4. The van der Waals surface area contributed by atoms with E-state index in [1.165, 1.54) is 17.5 Å². The zero-order valence-electron chi connectivity index (χ0n) is 15.4. The number of methoxy groups -OCH3 is 1. The number of amides is 1. The normalized spacial score (nSPS) is 11.0. The van der Waals surface area contributed by atoms with Crippen LogP contribution in [0.1, 0.15) is 16.1 Å². The van der Waals surface area contributed by atoms with Crippen molar-refractivity contribution in [1.82, 2.24) is 19.7 Å². The number of benzene rings is 1. The van der Waals surface area contributed by atoms with Crippen LogP contribution < -0.4 is 10.1 Å². The lowest BCUT2D eigenvalue weighted by atomic mass is 10.2. The summed E-state index contributed by atoms with van der Waals surface area (Å²) in [7, 11) is 3.39. The molecule has 0 bridgehead atoms. The minimum absolute atomic E-state index is 0.272. The highest BCUT2D eigenvalue weighted by molar-refractivity contribution is 7.14. The summed E-state index contributed by atoms with van der Waals surface area (Å²) in [5.41, 5.74) is 3.58. The van der Waals surface area contributed by atoms with Crippen LogP contribution in [0, 0.1) is 6.92 Å². The van der Waals surface area contributed by atoms with Crippen LogP contribution in [0.25, 0.3) is 22.3 Å². The van der Waals surface area contributed by atoms with E-state index in [2.05, 4.69) is 20.4 Å². The van der Waals surface area contributed by atoms with E-state index in [4.69, 9.17) is 16.3 Å². The Balaban J connectivity index is 1.56. The summed E-state index contributed by atoms with van der Waals surface area (Å²) >= 11 is 7.52. The summed E-state index contributed by atoms with van der Waals surface area (Å²) in [6.45, 7) is 1.89. The fourth-order valence-electron chi connectivity index (χ4n) is 2.89. The molecule has 0 fully saturated rings. The standard InChI is InChI=1S/C19H16ClN5O2S/c1-10-13-6-12(8-21-17(13)25(2)24-10)18(26)23-19-22-15(9-28-19)11-4-5-16(27-3)14(20)7-11/h4-9H,1-3H3,(H,22,23,26). The number of thiazole rings is 1. The van der Waals surface area contributed by atoms with Gasteiger partial charge >= 0.3 is 0 Å². The summed E-state index contributed by atoms with van der Waals surface area (Å²) in [5, 5.41) is 10.9. The zero-order valence-corrected chi connectivity index (χ0v) is 16.9. The van der Waals surface area contributed by atoms with Crippen molar-refractivity contribution >= 4 is 45.0 Å². The summed E-state index contributed by atoms with van der Waals surface area (Å²) in [6, 6.07) is 7.22. The fraction of sp³-hybridized carbons (Fsp3) is 0.158. The van der Waals surface area contributed by atoms with Crippen molar-refractivity contribution in [1.29, 1.82) is 0 Å². The van der Waals surface area contributed by atoms with Crippen LogP contribution in [-0.4, -0.2) is 32.8 Å². The third-order valence-corrected chi connectivity index (χ3v) is 5.35. The molecule has 3 heterocycles. The number of carbonyl (C=O) groups excluding carboxylic acids is 1. The molecule has 7 nitrogen and oxygen atoms in total. The average Bonchev–Trinajstić information content (AvgIpc) is 3.26. The number of nitrogens with one attached hydrogen (secondary N) is 1. The second-order valence-corrected chi connectivity index (χ2v) is 7.41. The molecule has 0 unspecified atom stereocenters. The maximum Gasteiger partial charge on any atom is 0.259 e. The van der Waals surface area contributed by atoms with Crippen LogP contribution in [0.15, 0.2) is 35.8 Å². The van der Waals surface area contributed by atoms with Gasteiger partial charge in [0.25, 0.3) is 5.91 Å². The molecule has 0 radical (unpaired) electrons. The van der Waals surface area contributed by atoms with E-state index in [-0.39, 0.29) is 5.91 Å². The minimum Gasteiger partial charge on any atom is -0.495 e. The Labute approximate surface area is 170 Å². The van der Waals surface area contributed by atoms with Gasteiger partial charge in [-0.25, -0.2) is 9.97 Å². The number of nitrogens with zero attached hydrogens (tertiary/aromatic N) is 4. The third-order valence-electron chi connectivity index (χ3n) is 4.30. The number of pyridine rings is 1. The van der Waals surface area contributed by atoms with E-state index < -0.39 is 0 Å². The zero-order chi connectivity index (χ0) is 19.8. The number of halogens is 1. The van der Waals surface area contributed by atoms with Crippen molar-refractivity contribution in [3.8, 4) is 17.0 Å². The highest BCUT2D eigenvalue weighted by atomic mass is 35.5. The Morgan fingerprint density at radius 3 is 2.89 bits per heavy atom. The first-order valence-corrected chi connectivity index (χ1v) is 9.62. The van der Waals surface area contributed by atoms with Crippen molar-refractivity contribution in [2.45, 2.75) is 6.92 Å². The second-order valence-electron chi connectivity index (χ2n) is 6.15. The number of ether oxygens (including phenoxy) is 1. The smallest absolute Gasteiger partial charge is 0.259 e. The van der Waals surface area contributed by atoms with Crippen molar-refractivity contribution in [2.24, 2.45) is 7.05 Å². The number of hydrogen-bond acceptors (Lipinski definition) is 6. The van der Waals surface area contributed by atoms with Crippen molar-refractivity contribution in [2.75, 3.05) is 12.4 Å². The predicted octanol–water partition coefficient (Wildman–Crippen LogP) is 4.31. The lowest BCUT2D eigenvalue weighted by Gasteiger charge is -2.04. The van der Waals surface area contributed by atoms with E-state index in [9.17, 15) is 4.79 Å². The van der Waals surface area contributed by atoms with Crippen LogP contribution in [0.3, 0.4) is 0 Å². The first-order valence-electron chi connectivity index (χ1n) is 8.36. The Bertz CT molecular complexity index is 1200. The van der Waals surface area contributed by atoms with E-state index >= 15 is 0 Å². The van der Waals surface area contributed by atoms with Gasteiger partial charge in [-0.15, -0.1) is 11.3 Å².